The lowest BCUT2D eigenvalue weighted by Crippen LogP contribution is -2.27. The van der Waals surface area contributed by atoms with Crippen LogP contribution in [-0.4, -0.2) is 12.5 Å². The van der Waals surface area contributed by atoms with Gasteiger partial charge < -0.3 is 11.1 Å². The molecule has 0 bridgehead atoms. The van der Waals surface area contributed by atoms with Crippen LogP contribution < -0.4 is 11.1 Å². The Morgan fingerprint density at radius 3 is 2.29 bits per heavy atom. The smallest absolute Gasteiger partial charge is 0.229 e. The Bertz CT molecular complexity index is 363. The molecule has 0 spiro atoms. The summed E-state index contributed by atoms with van der Waals surface area (Å²) in [5.41, 5.74) is 7.20. The van der Waals surface area contributed by atoms with Crippen LogP contribution in [0.2, 0.25) is 0 Å². The molecule has 0 aliphatic carbocycles. The van der Waals surface area contributed by atoms with Crippen molar-refractivity contribution < 1.29 is 4.79 Å². The normalized spacial score (nSPS) is 11.3. The van der Waals surface area contributed by atoms with Crippen LogP contribution in [0.25, 0.3) is 0 Å². The summed E-state index contributed by atoms with van der Waals surface area (Å²) in [6, 6.07) is 7.95. The molecule has 0 radical (unpaired) electrons. The predicted molar refractivity (Wildman–Crippen MR) is 71.9 cm³/mol. The summed E-state index contributed by atoms with van der Waals surface area (Å²) < 4.78 is 0. The Hall–Kier alpha value is -1.35. The Morgan fingerprint density at radius 2 is 1.82 bits per heavy atom. The highest BCUT2D eigenvalue weighted by molar-refractivity contribution is 5.94. The molecule has 1 aromatic carbocycles. The molecule has 0 heterocycles. The van der Waals surface area contributed by atoms with Crippen molar-refractivity contribution in [2.75, 3.05) is 11.9 Å². The first-order valence-electron chi connectivity index (χ1n) is 6.04. The summed E-state index contributed by atoms with van der Waals surface area (Å²) >= 11 is 0. The van der Waals surface area contributed by atoms with E-state index in [2.05, 4.69) is 5.32 Å². The Balaban J connectivity index is 2.59. The van der Waals surface area contributed by atoms with Gasteiger partial charge in [0, 0.05) is 11.1 Å². The van der Waals surface area contributed by atoms with Gasteiger partial charge in [0.2, 0.25) is 5.91 Å². The summed E-state index contributed by atoms with van der Waals surface area (Å²) in [6.07, 6.45) is 1.98. The molecule has 0 saturated carbocycles. The summed E-state index contributed by atoms with van der Waals surface area (Å²) in [5, 5.41) is 2.90. The lowest BCUT2D eigenvalue weighted by atomic mass is 9.95. The van der Waals surface area contributed by atoms with Crippen molar-refractivity contribution in [2.45, 2.75) is 33.6 Å². The van der Waals surface area contributed by atoms with Crippen molar-refractivity contribution >= 4 is 11.6 Å². The summed E-state index contributed by atoms with van der Waals surface area (Å²) in [5.74, 6) is 0.0345. The fourth-order valence-corrected chi connectivity index (χ4v) is 1.38. The van der Waals surface area contributed by atoms with Gasteiger partial charge in [-0.05, 0) is 37.1 Å². The number of aryl methyl sites for hydroxylation is 1. The molecule has 94 valence electrons. The van der Waals surface area contributed by atoms with Gasteiger partial charge in [-0.3, -0.25) is 4.79 Å². The molecule has 0 saturated heterocycles. The molecule has 1 amide bonds. The Morgan fingerprint density at radius 1 is 1.24 bits per heavy atom. The van der Waals surface area contributed by atoms with Crippen LogP contribution in [0.3, 0.4) is 0 Å². The summed E-state index contributed by atoms with van der Waals surface area (Å²) in [6.45, 7) is 6.41. The standard InChI is InChI=1S/C14H22N2O/c1-14(2,3)13(17)16-12-8-6-11(7-9-12)5-4-10-15/h6-9H,4-5,10,15H2,1-3H3,(H,16,17). The van der Waals surface area contributed by atoms with E-state index in [1.807, 2.05) is 45.0 Å². The molecule has 0 fully saturated rings. The summed E-state index contributed by atoms with van der Waals surface area (Å²) in [4.78, 5) is 11.8. The van der Waals surface area contributed by atoms with Crippen molar-refractivity contribution in [1.29, 1.82) is 0 Å². The van der Waals surface area contributed by atoms with Gasteiger partial charge in [-0.2, -0.15) is 0 Å². The van der Waals surface area contributed by atoms with Gasteiger partial charge in [0.15, 0.2) is 0 Å². The third kappa shape index (κ3) is 4.57. The van der Waals surface area contributed by atoms with Gasteiger partial charge in [0.1, 0.15) is 0 Å². The zero-order valence-corrected chi connectivity index (χ0v) is 10.9. The third-order valence-electron chi connectivity index (χ3n) is 2.56. The molecule has 3 N–H and O–H groups in total. The quantitative estimate of drug-likeness (QED) is 0.841. The molecule has 1 rings (SSSR count). The minimum Gasteiger partial charge on any atom is -0.330 e. The first kappa shape index (κ1) is 13.7. The fraction of sp³-hybridized carbons (Fsp3) is 0.500. The highest BCUT2D eigenvalue weighted by atomic mass is 16.2. The number of benzene rings is 1. The molecular formula is C14H22N2O. The maximum atomic E-state index is 11.8. The zero-order chi connectivity index (χ0) is 12.9. The van der Waals surface area contributed by atoms with E-state index in [0.717, 1.165) is 18.5 Å². The number of nitrogens with two attached hydrogens (primary N) is 1. The number of nitrogens with one attached hydrogen (secondary N) is 1. The highest BCUT2D eigenvalue weighted by Gasteiger charge is 2.20. The number of amides is 1. The van der Waals surface area contributed by atoms with Crippen LogP contribution >= 0.6 is 0 Å². The van der Waals surface area contributed by atoms with E-state index in [9.17, 15) is 4.79 Å². The molecule has 17 heavy (non-hydrogen) atoms. The first-order chi connectivity index (χ1) is 7.93. The van der Waals surface area contributed by atoms with Gasteiger partial charge in [0.25, 0.3) is 0 Å². The van der Waals surface area contributed by atoms with Crippen LogP contribution in [0, 0.1) is 5.41 Å². The molecule has 0 aromatic heterocycles. The molecule has 3 nitrogen and oxygen atoms in total. The number of anilines is 1. The monoisotopic (exact) mass is 234 g/mol. The van der Waals surface area contributed by atoms with E-state index >= 15 is 0 Å². The van der Waals surface area contributed by atoms with Crippen LogP contribution in [-0.2, 0) is 11.2 Å². The van der Waals surface area contributed by atoms with Crippen molar-refractivity contribution in [3.8, 4) is 0 Å². The van der Waals surface area contributed by atoms with Crippen molar-refractivity contribution in [3.05, 3.63) is 29.8 Å². The van der Waals surface area contributed by atoms with Crippen LogP contribution in [0.15, 0.2) is 24.3 Å². The van der Waals surface area contributed by atoms with E-state index in [1.165, 1.54) is 5.56 Å². The Kier molecular flexibility index (Phi) is 4.70. The van der Waals surface area contributed by atoms with Gasteiger partial charge in [-0.25, -0.2) is 0 Å². The van der Waals surface area contributed by atoms with Crippen LogP contribution in [0.1, 0.15) is 32.8 Å². The van der Waals surface area contributed by atoms with Gasteiger partial charge in [-0.1, -0.05) is 32.9 Å². The molecular weight excluding hydrogens is 212 g/mol. The first-order valence-corrected chi connectivity index (χ1v) is 6.04. The SMILES string of the molecule is CC(C)(C)C(=O)Nc1ccc(CCCN)cc1. The van der Waals surface area contributed by atoms with E-state index in [-0.39, 0.29) is 11.3 Å². The van der Waals surface area contributed by atoms with Crippen LogP contribution in [0.5, 0.6) is 0 Å². The molecule has 0 aliphatic heterocycles. The molecule has 3 heteroatoms. The third-order valence-corrected chi connectivity index (χ3v) is 2.56. The minimum atomic E-state index is -0.363. The number of rotatable bonds is 4. The van der Waals surface area contributed by atoms with E-state index in [0.29, 0.717) is 6.54 Å². The number of hydrogen-bond donors (Lipinski definition) is 2. The highest BCUT2D eigenvalue weighted by Crippen LogP contribution is 2.18. The Labute approximate surface area is 103 Å². The molecule has 0 unspecified atom stereocenters. The molecule has 0 atom stereocenters. The second-order valence-corrected chi connectivity index (χ2v) is 5.29. The van der Waals surface area contributed by atoms with E-state index < -0.39 is 0 Å². The van der Waals surface area contributed by atoms with Gasteiger partial charge in [-0.15, -0.1) is 0 Å². The van der Waals surface area contributed by atoms with Crippen molar-refractivity contribution in [3.63, 3.8) is 0 Å². The second kappa shape index (κ2) is 5.82. The van der Waals surface area contributed by atoms with Crippen LogP contribution in [0.4, 0.5) is 5.69 Å². The largest absolute Gasteiger partial charge is 0.330 e. The van der Waals surface area contributed by atoms with Gasteiger partial charge >= 0.3 is 0 Å². The number of carbonyl (C=O) groups excluding carboxylic acids is 1. The average molecular weight is 234 g/mol. The van der Waals surface area contributed by atoms with Crippen molar-refractivity contribution in [2.24, 2.45) is 11.1 Å². The lowest BCUT2D eigenvalue weighted by Gasteiger charge is -2.17. The second-order valence-electron chi connectivity index (χ2n) is 5.29. The predicted octanol–water partition coefficient (Wildman–Crippen LogP) is 2.56. The fourth-order valence-electron chi connectivity index (χ4n) is 1.38. The zero-order valence-electron chi connectivity index (χ0n) is 10.9. The number of hydrogen-bond acceptors (Lipinski definition) is 2. The van der Waals surface area contributed by atoms with E-state index in [4.69, 9.17) is 5.73 Å². The maximum absolute atomic E-state index is 11.8. The number of carbonyl (C=O) groups is 1. The average Bonchev–Trinajstić information content (AvgIpc) is 2.27. The molecule has 0 aliphatic rings. The maximum Gasteiger partial charge on any atom is 0.229 e. The minimum absolute atomic E-state index is 0.0345. The van der Waals surface area contributed by atoms with Gasteiger partial charge in [0.05, 0.1) is 0 Å². The summed E-state index contributed by atoms with van der Waals surface area (Å²) in [7, 11) is 0. The lowest BCUT2D eigenvalue weighted by molar-refractivity contribution is -0.123. The van der Waals surface area contributed by atoms with E-state index in [1.54, 1.807) is 0 Å². The molecule has 1 aromatic rings. The topological polar surface area (TPSA) is 55.1 Å². The van der Waals surface area contributed by atoms with Crippen molar-refractivity contribution in [1.82, 2.24) is 0 Å².